The van der Waals surface area contributed by atoms with Crippen molar-refractivity contribution in [1.29, 1.82) is 0 Å². The lowest BCUT2D eigenvalue weighted by Crippen LogP contribution is -2.48. The summed E-state index contributed by atoms with van der Waals surface area (Å²) in [5.74, 6) is -5.27. The standard InChI is InChI=1S/C39H40F4N10O/c1-4-35(26(2)3)53-24-45-37(47-53)28-7-13-32(14-8-28)51-19-17-50(18-20-51)31-11-5-27(6-12-31)29-9-16-36(44-22-29)39(42,43)38(54,23-52-25-46-48-49-52)33-15-10-30(40)21-34(33)41/h5-16,21-22,24-26,35,54H,4,17-20,23H2,1-3H3/t35-,38-/m0/s1. The SMILES string of the molecule is CC[C@@H](C(C)C)n1cnc(-c2ccc(N3CCN(c4ccc(-c5ccc(C(F)(F)[C@](O)(Cn6cnnn6)c6ccc(F)cc6F)nc5)cc4)CC3)cc2)n1. The smallest absolute Gasteiger partial charge is 0.323 e. The van der Waals surface area contributed by atoms with Gasteiger partial charge in [-0.2, -0.15) is 13.9 Å². The number of nitrogens with zero attached hydrogens (tertiary/aromatic N) is 10. The molecule has 0 saturated carbocycles. The number of benzene rings is 3. The summed E-state index contributed by atoms with van der Waals surface area (Å²) in [6.45, 7) is 8.93. The summed E-state index contributed by atoms with van der Waals surface area (Å²) in [6, 6.07) is 21.0. The Hall–Kier alpha value is -5.70. The Balaban J connectivity index is 0.998. The van der Waals surface area contributed by atoms with Gasteiger partial charge in [-0.05, 0) is 82.9 Å². The Labute approximate surface area is 309 Å². The van der Waals surface area contributed by atoms with E-state index >= 15 is 8.78 Å². The number of piperazine rings is 1. The highest BCUT2D eigenvalue weighted by Crippen LogP contribution is 2.47. The number of halogens is 4. The highest BCUT2D eigenvalue weighted by atomic mass is 19.3. The van der Waals surface area contributed by atoms with E-state index in [1.54, 1.807) is 0 Å². The summed E-state index contributed by atoms with van der Waals surface area (Å²) in [7, 11) is 0. The van der Waals surface area contributed by atoms with Gasteiger partial charge >= 0.3 is 5.92 Å². The van der Waals surface area contributed by atoms with Gasteiger partial charge in [-0.25, -0.2) is 23.1 Å². The van der Waals surface area contributed by atoms with E-state index in [1.807, 2.05) is 35.3 Å². The maximum Gasteiger partial charge on any atom is 0.323 e. The maximum absolute atomic E-state index is 16.2. The molecule has 6 aromatic rings. The molecule has 1 aliphatic heterocycles. The van der Waals surface area contributed by atoms with E-state index < -0.39 is 41.0 Å². The predicted molar refractivity (Wildman–Crippen MR) is 196 cm³/mol. The first-order chi connectivity index (χ1) is 26.0. The Bertz CT molecular complexity index is 2150. The van der Waals surface area contributed by atoms with Crippen LogP contribution in [0.5, 0.6) is 0 Å². The first-order valence-corrected chi connectivity index (χ1v) is 17.8. The van der Waals surface area contributed by atoms with Crippen molar-refractivity contribution < 1.29 is 22.7 Å². The van der Waals surface area contributed by atoms with E-state index in [9.17, 15) is 13.9 Å². The summed E-state index contributed by atoms with van der Waals surface area (Å²) in [5.41, 5.74) is -0.371. The Kier molecular flexibility index (Phi) is 10.2. The molecule has 0 radical (unpaired) electrons. The van der Waals surface area contributed by atoms with Crippen LogP contribution in [0.1, 0.15) is 44.5 Å². The van der Waals surface area contributed by atoms with E-state index in [1.165, 1.54) is 12.3 Å². The first-order valence-electron chi connectivity index (χ1n) is 17.8. The minimum atomic E-state index is -4.14. The minimum Gasteiger partial charge on any atom is -0.377 e. The zero-order valence-corrected chi connectivity index (χ0v) is 30.1. The van der Waals surface area contributed by atoms with Crippen molar-refractivity contribution in [1.82, 2.24) is 40.0 Å². The average molecular weight is 741 g/mol. The average Bonchev–Trinajstić information content (AvgIpc) is 3.88. The molecule has 1 fully saturated rings. The van der Waals surface area contributed by atoms with Crippen LogP contribution in [0.25, 0.3) is 22.5 Å². The van der Waals surface area contributed by atoms with Gasteiger partial charge in [0.1, 0.15) is 30.0 Å². The molecule has 1 saturated heterocycles. The number of pyridine rings is 1. The van der Waals surface area contributed by atoms with Gasteiger partial charge in [-0.1, -0.05) is 39.0 Å². The minimum absolute atomic E-state index is 0.317. The number of hydrogen-bond acceptors (Lipinski definition) is 9. The molecule has 3 aromatic heterocycles. The van der Waals surface area contributed by atoms with Crippen LogP contribution in [0.15, 0.2) is 97.7 Å². The zero-order valence-electron chi connectivity index (χ0n) is 30.1. The number of rotatable bonds is 12. The largest absolute Gasteiger partial charge is 0.377 e. The molecule has 1 aliphatic rings. The van der Waals surface area contributed by atoms with E-state index in [0.717, 1.165) is 90.1 Å². The summed E-state index contributed by atoms with van der Waals surface area (Å²) in [6.07, 6.45) is 5.10. The van der Waals surface area contributed by atoms with Gasteiger partial charge < -0.3 is 14.9 Å². The third-order valence-electron chi connectivity index (χ3n) is 10.1. The number of alkyl halides is 2. The van der Waals surface area contributed by atoms with Crippen LogP contribution >= 0.6 is 0 Å². The van der Waals surface area contributed by atoms with Gasteiger partial charge in [0, 0.05) is 66.5 Å². The lowest BCUT2D eigenvalue weighted by molar-refractivity contribution is -0.207. The zero-order chi connectivity index (χ0) is 38.0. The molecular weight excluding hydrogens is 700 g/mol. The number of aromatic nitrogens is 8. The molecule has 0 aliphatic carbocycles. The fraction of sp³-hybridized carbons (Fsp3) is 0.333. The second-order valence-corrected chi connectivity index (χ2v) is 13.8. The first kappa shape index (κ1) is 36.6. The highest BCUT2D eigenvalue weighted by Gasteiger charge is 2.58. The molecular formula is C39H40F4N10O. The molecule has 2 atom stereocenters. The van der Waals surface area contributed by atoms with E-state index in [2.05, 4.69) is 80.3 Å². The van der Waals surface area contributed by atoms with Gasteiger partial charge in [-0.3, -0.25) is 4.98 Å². The summed E-state index contributed by atoms with van der Waals surface area (Å²) < 4.78 is 63.7. The number of anilines is 2. The number of aliphatic hydroxyl groups is 1. The van der Waals surface area contributed by atoms with Crippen molar-refractivity contribution in [3.05, 3.63) is 121 Å². The van der Waals surface area contributed by atoms with Crippen LogP contribution < -0.4 is 9.80 Å². The Morgan fingerprint density at radius 3 is 1.94 bits per heavy atom. The van der Waals surface area contributed by atoms with Gasteiger partial charge in [0.25, 0.3) is 0 Å². The Morgan fingerprint density at radius 1 is 0.778 bits per heavy atom. The quantitative estimate of drug-likeness (QED) is 0.134. The highest BCUT2D eigenvalue weighted by molar-refractivity contribution is 5.66. The third-order valence-corrected chi connectivity index (χ3v) is 10.1. The fourth-order valence-corrected chi connectivity index (χ4v) is 7.07. The van der Waals surface area contributed by atoms with Crippen LogP contribution in [0.2, 0.25) is 0 Å². The lowest BCUT2D eigenvalue weighted by atomic mass is 9.84. The van der Waals surface area contributed by atoms with Crippen LogP contribution in [0.3, 0.4) is 0 Å². The van der Waals surface area contributed by atoms with Crippen molar-refractivity contribution in [3.63, 3.8) is 0 Å². The maximum atomic E-state index is 16.2. The molecule has 54 heavy (non-hydrogen) atoms. The van der Waals surface area contributed by atoms with Gasteiger partial charge in [0.2, 0.25) is 0 Å². The monoisotopic (exact) mass is 740 g/mol. The van der Waals surface area contributed by atoms with E-state index in [4.69, 9.17) is 5.10 Å². The second-order valence-electron chi connectivity index (χ2n) is 13.8. The molecule has 0 spiro atoms. The van der Waals surface area contributed by atoms with E-state index in [0.29, 0.717) is 23.6 Å². The van der Waals surface area contributed by atoms with Gasteiger partial charge in [0.05, 0.1) is 12.6 Å². The van der Waals surface area contributed by atoms with Gasteiger partial charge in [0.15, 0.2) is 11.4 Å². The van der Waals surface area contributed by atoms with Crippen LogP contribution in [-0.2, 0) is 18.1 Å². The van der Waals surface area contributed by atoms with E-state index in [-0.39, 0.29) is 0 Å². The summed E-state index contributed by atoms with van der Waals surface area (Å²) in [4.78, 5) is 13.2. The summed E-state index contributed by atoms with van der Waals surface area (Å²) >= 11 is 0. The van der Waals surface area contributed by atoms with Crippen LogP contribution in [0.4, 0.5) is 28.9 Å². The van der Waals surface area contributed by atoms with Crippen LogP contribution in [0, 0.1) is 17.6 Å². The summed E-state index contributed by atoms with van der Waals surface area (Å²) in [5, 5.41) is 26.6. The second kappa shape index (κ2) is 15.0. The number of tetrazole rings is 1. The molecule has 0 bridgehead atoms. The molecule has 280 valence electrons. The normalized spacial score (nSPS) is 15.4. The van der Waals surface area contributed by atoms with Crippen molar-refractivity contribution in [3.8, 4) is 22.5 Å². The van der Waals surface area contributed by atoms with Crippen molar-refractivity contribution in [2.75, 3.05) is 36.0 Å². The number of hydrogen-bond donors (Lipinski definition) is 1. The van der Waals surface area contributed by atoms with Crippen LogP contribution in [-0.4, -0.2) is 71.2 Å². The fourth-order valence-electron chi connectivity index (χ4n) is 7.07. The molecule has 3 aromatic carbocycles. The molecule has 0 unspecified atom stereocenters. The Morgan fingerprint density at radius 2 is 1.41 bits per heavy atom. The third kappa shape index (κ3) is 7.15. The predicted octanol–water partition coefficient (Wildman–Crippen LogP) is 6.89. The van der Waals surface area contributed by atoms with Crippen molar-refractivity contribution in [2.45, 2.75) is 51.3 Å². The molecule has 4 heterocycles. The van der Waals surface area contributed by atoms with Gasteiger partial charge in [-0.15, -0.1) is 5.10 Å². The topological polar surface area (TPSA) is 114 Å². The lowest BCUT2D eigenvalue weighted by Gasteiger charge is -2.37. The van der Waals surface area contributed by atoms with Crippen molar-refractivity contribution in [2.24, 2.45) is 5.92 Å². The molecule has 11 nitrogen and oxygen atoms in total. The van der Waals surface area contributed by atoms with Crippen molar-refractivity contribution >= 4 is 11.4 Å². The molecule has 1 N–H and O–H groups in total. The molecule has 0 amide bonds. The molecule has 7 rings (SSSR count). The molecule has 15 heteroatoms.